The van der Waals surface area contributed by atoms with Crippen LogP contribution >= 0.6 is 39.5 Å². The van der Waals surface area contributed by atoms with E-state index in [9.17, 15) is 9.59 Å². The quantitative estimate of drug-likeness (QED) is 0.351. The summed E-state index contributed by atoms with van der Waals surface area (Å²) in [6.07, 6.45) is 3.90. The lowest BCUT2D eigenvalue weighted by Gasteiger charge is -2.09. The molecule has 3 nitrogen and oxygen atoms in total. The van der Waals surface area contributed by atoms with Gasteiger partial charge in [-0.15, -0.1) is 23.5 Å². The molecular formula is C12H13BrO3S2. The molecule has 6 heteroatoms. The number of esters is 1. The Hall–Kier alpha value is -0.460. The summed E-state index contributed by atoms with van der Waals surface area (Å²) >= 11 is 6.54. The molecule has 0 aromatic heterocycles. The summed E-state index contributed by atoms with van der Waals surface area (Å²) in [5.41, 5.74) is 0.350. The normalized spacial score (nSPS) is 10.2. The van der Waals surface area contributed by atoms with Crippen LogP contribution in [0.5, 0.6) is 0 Å². The van der Waals surface area contributed by atoms with Crippen molar-refractivity contribution in [2.45, 2.75) is 16.7 Å². The number of rotatable bonds is 5. The molecule has 0 N–H and O–H groups in total. The molecule has 0 heterocycles. The maximum absolute atomic E-state index is 11.8. The Bertz CT molecular complexity index is 475. The van der Waals surface area contributed by atoms with E-state index < -0.39 is 11.8 Å². The van der Waals surface area contributed by atoms with E-state index in [1.807, 2.05) is 12.5 Å². The first-order valence-electron chi connectivity index (χ1n) is 5.18. The summed E-state index contributed by atoms with van der Waals surface area (Å²) in [4.78, 5) is 25.3. The van der Waals surface area contributed by atoms with Crippen molar-refractivity contribution in [1.29, 1.82) is 0 Å². The van der Waals surface area contributed by atoms with Gasteiger partial charge in [-0.3, -0.25) is 4.79 Å². The Morgan fingerprint density at radius 1 is 1.28 bits per heavy atom. The standard InChI is InChI=1S/C12H13BrO3S2/c1-4-16-12(15)10(14)7-5-8(13)11(18-3)9(6-7)17-2/h5-6H,4H2,1-3H3. The molecule has 98 valence electrons. The Balaban J connectivity index is 3.15. The number of benzene rings is 1. The molecule has 0 saturated heterocycles. The van der Waals surface area contributed by atoms with Gasteiger partial charge < -0.3 is 4.74 Å². The molecule has 18 heavy (non-hydrogen) atoms. The molecule has 0 unspecified atom stereocenters. The zero-order chi connectivity index (χ0) is 13.7. The number of Topliss-reactive ketones (excluding diaryl/α,β-unsaturated/α-hetero) is 1. The first-order valence-corrected chi connectivity index (χ1v) is 8.42. The predicted octanol–water partition coefficient (Wildman–Crippen LogP) is 3.64. The minimum atomic E-state index is -0.812. The highest BCUT2D eigenvalue weighted by atomic mass is 79.9. The van der Waals surface area contributed by atoms with Crippen LogP contribution in [0.3, 0.4) is 0 Å². The second-order valence-corrected chi connectivity index (χ2v) is 5.76. The third-order valence-corrected chi connectivity index (χ3v) is 4.78. The summed E-state index contributed by atoms with van der Waals surface area (Å²) in [6, 6.07) is 3.38. The van der Waals surface area contributed by atoms with E-state index in [0.717, 1.165) is 14.3 Å². The highest BCUT2D eigenvalue weighted by Crippen LogP contribution is 2.36. The smallest absolute Gasteiger partial charge is 0.379 e. The Morgan fingerprint density at radius 2 is 1.94 bits per heavy atom. The van der Waals surface area contributed by atoms with Crippen LogP contribution in [0.4, 0.5) is 0 Å². The van der Waals surface area contributed by atoms with E-state index in [-0.39, 0.29) is 6.61 Å². The SMILES string of the molecule is CCOC(=O)C(=O)c1cc(Br)c(SC)c(SC)c1. The van der Waals surface area contributed by atoms with Gasteiger partial charge in [-0.25, -0.2) is 4.79 Å². The minimum Gasteiger partial charge on any atom is -0.460 e. The maximum Gasteiger partial charge on any atom is 0.379 e. The molecule has 0 aliphatic heterocycles. The molecule has 0 atom stereocenters. The third-order valence-electron chi connectivity index (χ3n) is 2.16. The molecule has 1 rings (SSSR count). The van der Waals surface area contributed by atoms with Crippen LogP contribution < -0.4 is 0 Å². The maximum atomic E-state index is 11.8. The molecule has 0 amide bonds. The highest BCUT2D eigenvalue weighted by Gasteiger charge is 2.20. The molecule has 0 saturated carbocycles. The number of carbonyl (C=O) groups is 2. The number of hydrogen-bond donors (Lipinski definition) is 0. The van der Waals surface area contributed by atoms with Crippen molar-refractivity contribution in [3.63, 3.8) is 0 Å². The zero-order valence-corrected chi connectivity index (χ0v) is 13.5. The van der Waals surface area contributed by atoms with Gasteiger partial charge in [-0.1, -0.05) is 0 Å². The molecule has 0 fully saturated rings. The highest BCUT2D eigenvalue weighted by molar-refractivity contribution is 9.10. The van der Waals surface area contributed by atoms with Crippen molar-refractivity contribution >= 4 is 51.2 Å². The summed E-state index contributed by atoms with van der Waals surface area (Å²) in [7, 11) is 0. The van der Waals surface area contributed by atoms with Gasteiger partial charge in [0, 0.05) is 19.8 Å². The van der Waals surface area contributed by atoms with Gasteiger partial charge in [0.05, 0.1) is 6.61 Å². The fourth-order valence-corrected chi connectivity index (χ4v) is 3.99. The Kier molecular flexibility index (Phi) is 6.25. The van der Waals surface area contributed by atoms with Crippen LogP contribution in [-0.4, -0.2) is 30.9 Å². The first-order chi connectivity index (χ1) is 8.54. The number of halogens is 1. The van der Waals surface area contributed by atoms with E-state index in [4.69, 9.17) is 4.74 Å². The number of ketones is 1. The fraction of sp³-hybridized carbons (Fsp3) is 0.333. The van der Waals surface area contributed by atoms with Crippen LogP contribution in [0.2, 0.25) is 0 Å². The molecule has 0 radical (unpaired) electrons. The van der Waals surface area contributed by atoms with Crippen molar-refractivity contribution in [3.05, 3.63) is 22.2 Å². The van der Waals surface area contributed by atoms with E-state index in [1.165, 1.54) is 11.8 Å². The summed E-state index contributed by atoms with van der Waals surface area (Å²) in [6.45, 7) is 1.87. The van der Waals surface area contributed by atoms with Crippen molar-refractivity contribution in [2.75, 3.05) is 19.1 Å². The van der Waals surface area contributed by atoms with Crippen LogP contribution in [0, 0.1) is 0 Å². The van der Waals surface area contributed by atoms with Crippen molar-refractivity contribution in [1.82, 2.24) is 0 Å². The predicted molar refractivity (Wildman–Crippen MR) is 78.7 cm³/mol. The summed E-state index contributed by atoms with van der Waals surface area (Å²) < 4.78 is 5.53. The van der Waals surface area contributed by atoms with Crippen molar-refractivity contribution < 1.29 is 14.3 Å². The second-order valence-electron chi connectivity index (χ2n) is 3.24. The number of ether oxygens (including phenoxy) is 1. The third kappa shape index (κ3) is 3.52. The van der Waals surface area contributed by atoms with Gasteiger partial charge in [0.1, 0.15) is 0 Å². The Labute approximate surface area is 123 Å². The molecule has 0 aliphatic rings. The topological polar surface area (TPSA) is 43.4 Å². The van der Waals surface area contributed by atoms with E-state index in [0.29, 0.717) is 5.56 Å². The summed E-state index contributed by atoms with van der Waals surface area (Å²) in [5, 5.41) is 0. The van der Waals surface area contributed by atoms with E-state index in [1.54, 1.807) is 30.8 Å². The lowest BCUT2D eigenvalue weighted by Crippen LogP contribution is -2.17. The molecule has 0 bridgehead atoms. The monoisotopic (exact) mass is 348 g/mol. The summed E-state index contributed by atoms with van der Waals surface area (Å²) in [5.74, 6) is -1.42. The van der Waals surface area contributed by atoms with Gasteiger partial charge in [-0.05, 0) is 47.5 Å². The fourth-order valence-electron chi connectivity index (χ4n) is 1.36. The molecule has 1 aromatic carbocycles. The molecule has 0 aliphatic carbocycles. The van der Waals surface area contributed by atoms with Crippen molar-refractivity contribution in [2.24, 2.45) is 0 Å². The second kappa shape index (κ2) is 7.21. The van der Waals surface area contributed by atoms with Gasteiger partial charge >= 0.3 is 5.97 Å². The average Bonchev–Trinajstić information content (AvgIpc) is 2.36. The number of hydrogen-bond acceptors (Lipinski definition) is 5. The lowest BCUT2D eigenvalue weighted by molar-refractivity contribution is -0.137. The van der Waals surface area contributed by atoms with Crippen molar-refractivity contribution in [3.8, 4) is 0 Å². The van der Waals surface area contributed by atoms with Gasteiger partial charge in [-0.2, -0.15) is 0 Å². The Morgan fingerprint density at radius 3 is 2.44 bits per heavy atom. The number of carbonyl (C=O) groups excluding carboxylic acids is 2. The van der Waals surface area contributed by atoms with Gasteiger partial charge in [0.2, 0.25) is 0 Å². The van der Waals surface area contributed by atoms with Gasteiger partial charge in [0.15, 0.2) is 0 Å². The zero-order valence-electron chi connectivity index (χ0n) is 10.3. The first kappa shape index (κ1) is 15.6. The van der Waals surface area contributed by atoms with Crippen LogP contribution in [0.25, 0.3) is 0 Å². The molecular weight excluding hydrogens is 336 g/mol. The van der Waals surface area contributed by atoms with Crippen LogP contribution in [0.1, 0.15) is 17.3 Å². The lowest BCUT2D eigenvalue weighted by atomic mass is 10.1. The average molecular weight is 349 g/mol. The van der Waals surface area contributed by atoms with Gasteiger partial charge in [0.25, 0.3) is 5.78 Å². The minimum absolute atomic E-state index is 0.198. The van der Waals surface area contributed by atoms with Crippen LogP contribution in [-0.2, 0) is 9.53 Å². The largest absolute Gasteiger partial charge is 0.460 e. The molecule has 0 spiro atoms. The van der Waals surface area contributed by atoms with Crippen LogP contribution in [0.15, 0.2) is 26.4 Å². The number of thioether (sulfide) groups is 2. The van der Waals surface area contributed by atoms with E-state index >= 15 is 0 Å². The van der Waals surface area contributed by atoms with E-state index in [2.05, 4.69) is 15.9 Å². The molecule has 1 aromatic rings.